The fourth-order valence-electron chi connectivity index (χ4n) is 7.15. The molecule has 0 spiro atoms. The van der Waals surface area contributed by atoms with Gasteiger partial charge in [-0.1, -0.05) is 168 Å². The van der Waals surface area contributed by atoms with Crippen LogP contribution in [-0.4, -0.2) is 60.9 Å². The average molecular weight is 724 g/mol. The number of carbonyl (C=O) groups excluding carboxylic acids is 2. The summed E-state index contributed by atoms with van der Waals surface area (Å²) in [6.07, 6.45) is 37.5. The third-order valence-electron chi connectivity index (χ3n) is 10.6. The van der Waals surface area contributed by atoms with Crippen molar-refractivity contribution in [3.63, 3.8) is 0 Å². The van der Waals surface area contributed by atoms with Crippen molar-refractivity contribution in [3.8, 4) is 0 Å². The second-order valence-corrected chi connectivity index (χ2v) is 15.7. The number of esters is 2. The standard InChI is InChI=1S/C45H89NO5/c1-5-8-11-14-17-21-29-36-44(48)51-42(4)33-26-22-24-31-38-46(39-40-47)37-30-23-18-25-32-41-50-45(49)43(34-27-19-15-12-9-6-2)35-28-20-16-13-10-7-3/h42-43,47H,5-41H2,1-4H3. The predicted molar refractivity (Wildman–Crippen MR) is 218 cm³/mol. The first-order valence-electron chi connectivity index (χ1n) is 22.7. The minimum atomic E-state index is -0.0274. The molecule has 51 heavy (non-hydrogen) atoms. The fourth-order valence-corrected chi connectivity index (χ4v) is 7.15. The van der Waals surface area contributed by atoms with E-state index in [2.05, 4.69) is 25.7 Å². The maximum Gasteiger partial charge on any atom is 0.308 e. The summed E-state index contributed by atoms with van der Waals surface area (Å²) in [6.45, 7) is 12.4. The van der Waals surface area contributed by atoms with Gasteiger partial charge in [-0.15, -0.1) is 0 Å². The molecular formula is C45H89NO5. The van der Waals surface area contributed by atoms with Gasteiger partial charge in [-0.25, -0.2) is 0 Å². The molecule has 1 atom stereocenters. The normalized spacial score (nSPS) is 12.2. The Kier molecular flexibility index (Phi) is 39.2. The summed E-state index contributed by atoms with van der Waals surface area (Å²) >= 11 is 0. The van der Waals surface area contributed by atoms with E-state index in [4.69, 9.17) is 9.47 Å². The van der Waals surface area contributed by atoms with Crippen molar-refractivity contribution in [1.82, 2.24) is 4.90 Å². The lowest BCUT2D eigenvalue weighted by Gasteiger charge is -2.21. The van der Waals surface area contributed by atoms with Gasteiger partial charge in [0, 0.05) is 13.0 Å². The van der Waals surface area contributed by atoms with Crippen molar-refractivity contribution in [2.24, 2.45) is 5.92 Å². The van der Waals surface area contributed by atoms with Crippen molar-refractivity contribution >= 4 is 11.9 Å². The molecule has 0 aliphatic carbocycles. The molecular weight excluding hydrogens is 634 g/mol. The second kappa shape index (κ2) is 40.1. The Balaban J connectivity index is 4.00. The van der Waals surface area contributed by atoms with Gasteiger partial charge >= 0.3 is 11.9 Å². The van der Waals surface area contributed by atoms with Crippen LogP contribution in [0.5, 0.6) is 0 Å². The number of aliphatic hydroxyl groups is 1. The molecule has 0 saturated heterocycles. The summed E-state index contributed by atoms with van der Waals surface area (Å²) < 4.78 is 11.4. The van der Waals surface area contributed by atoms with Gasteiger partial charge in [0.1, 0.15) is 0 Å². The first kappa shape index (κ1) is 49.9. The molecule has 0 bridgehead atoms. The van der Waals surface area contributed by atoms with Crippen LogP contribution >= 0.6 is 0 Å². The lowest BCUT2D eigenvalue weighted by Crippen LogP contribution is -2.29. The van der Waals surface area contributed by atoms with Crippen LogP contribution in [0.25, 0.3) is 0 Å². The Labute approximate surface area is 318 Å². The van der Waals surface area contributed by atoms with Crippen LogP contribution in [-0.2, 0) is 19.1 Å². The lowest BCUT2D eigenvalue weighted by molar-refractivity contribution is -0.150. The first-order valence-corrected chi connectivity index (χ1v) is 22.7. The highest BCUT2D eigenvalue weighted by molar-refractivity contribution is 5.72. The van der Waals surface area contributed by atoms with Crippen molar-refractivity contribution in [2.75, 3.05) is 32.8 Å². The monoisotopic (exact) mass is 724 g/mol. The number of carbonyl (C=O) groups is 2. The Morgan fingerprint density at radius 1 is 0.510 bits per heavy atom. The molecule has 0 rings (SSSR count). The third kappa shape index (κ3) is 35.6. The first-order chi connectivity index (χ1) is 25.0. The number of rotatable bonds is 41. The minimum Gasteiger partial charge on any atom is -0.465 e. The lowest BCUT2D eigenvalue weighted by atomic mass is 9.94. The number of unbranched alkanes of at least 4 members (excludes halogenated alkanes) is 23. The van der Waals surface area contributed by atoms with Crippen LogP contribution in [0, 0.1) is 5.92 Å². The van der Waals surface area contributed by atoms with E-state index < -0.39 is 0 Å². The van der Waals surface area contributed by atoms with Crippen molar-refractivity contribution < 1.29 is 24.2 Å². The zero-order chi connectivity index (χ0) is 37.5. The largest absolute Gasteiger partial charge is 0.465 e. The third-order valence-corrected chi connectivity index (χ3v) is 10.6. The van der Waals surface area contributed by atoms with Gasteiger partial charge in [-0.2, -0.15) is 0 Å². The zero-order valence-corrected chi connectivity index (χ0v) is 34.8. The maximum atomic E-state index is 13.0. The van der Waals surface area contributed by atoms with Crippen LogP contribution < -0.4 is 0 Å². The molecule has 0 aromatic heterocycles. The van der Waals surface area contributed by atoms with Crippen LogP contribution in [0.15, 0.2) is 0 Å². The quantitative estimate of drug-likeness (QED) is 0.0500. The second-order valence-electron chi connectivity index (χ2n) is 15.7. The summed E-state index contributed by atoms with van der Waals surface area (Å²) in [5.74, 6) is 0.127. The molecule has 0 aromatic rings. The van der Waals surface area contributed by atoms with Gasteiger partial charge in [0.25, 0.3) is 0 Å². The molecule has 0 aromatic carbocycles. The molecule has 304 valence electrons. The number of hydrogen-bond donors (Lipinski definition) is 1. The molecule has 0 aliphatic heterocycles. The summed E-state index contributed by atoms with van der Waals surface area (Å²) in [7, 11) is 0. The molecule has 0 radical (unpaired) electrons. The molecule has 0 fully saturated rings. The zero-order valence-electron chi connectivity index (χ0n) is 34.8. The number of ether oxygens (including phenoxy) is 2. The van der Waals surface area contributed by atoms with E-state index in [-0.39, 0.29) is 30.6 Å². The molecule has 0 saturated carbocycles. The van der Waals surface area contributed by atoms with Crippen LogP contribution in [0.3, 0.4) is 0 Å². The van der Waals surface area contributed by atoms with Gasteiger partial charge in [0.05, 0.1) is 25.2 Å². The van der Waals surface area contributed by atoms with E-state index in [1.165, 1.54) is 116 Å². The molecule has 0 heterocycles. The van der Waals surface area contributed by atoms with E-state index in [9.17, 15) is 14.7 Å². The molecule has 6 nitrogen and oxygen atoms in total. The Hall–Kier alpha value is -1.14. The SMILES string of the molecule is CCCCCCCCCC(=O)OC(C)CCCCCCN(CCO)CCCCCCCOC(=O)C(CCCCCCCC)CCCCCCCC. The van der Waals surface area contributed by atoms with Crippen LogP contribution in [0.2, 0.25) is 0 Å². The van der Waals surface area contributed by atoms with Gasteiger partial charge in [-0.05, 0) is 71.4 Å². The molecule has 1 unspecified atom stereocenters. The van der Waals surface area contributed by atoms with E-state index in [1.54, 1.807) is 0 Å². The molecule has 1 N–H and O–H groups in total. The minimum absolute atomic E-state index is 0.0155. The topological polar surface area (TPSA) is 76.1 Å². The van der Waals surface area contributed by atoms with E-state index >= 15 is 0 Å². The van der Waals surface area contributed by atoms with Crippen LogP contribution in [0.4, 0.5) is 0 Å². The van der Waals surface area contributed by atoms with Gasteiger partial charge in [-0.3, -0.25) is 9.59 Å². The van der Waals surface area contributed by atoms with E-state index in [1.807, 2.05) is 6.92 Å². The Morgan fingerprint density at radius 2 is 0.922 bits per heavy atom. The van der Waals surface area contributed by atoms with Gasteiger partial charge < -0.3 is 19.5 Å². The predicted octanol–water partition coefficient (Wildman–Crippen LogP) is 12.9. The van der Waals surface area contributed by atoms with Crippen molar-refractivity contribution in [1.29, 1.82) is 0 Å². The highest BCUT2D eigenvalue weighted by Gasteiger charge is 2.19. The summed E-state index contributed by atoms with van der Waals surface area (Å²) in [5, 5.41) is 9.56. The molecule has 6 heteroatoms. The number of hydrogen-bond acceptors (Lipinski definition) is 6. The Bertz CT molecular complexity index is 715. The van der Waals surface area contributed by atoms with E-state index in [0.29, 0.717) is 13.0 Å². The fraction of sp³-hybridized carbons (Fsp3) is 0.956. The number of nitrogens with zero attached hydrogens (tertiary/aromatic N) is 1. The highest BCUT2D eigenvalue weighted by Crippen LogP contribution is 2.21. The summed E-state index contributed by atoms with van der Waals surface area (Å²) in [4.78, 5) is 27.5. The molecule has 0 amide bonds. The van der Waals surface area contributed by atoms with E-state index in [0.717, 1.165) is 103 Å². The summed E-state index contributed by atoms with van der Waals surface area (Å²) in [6, 6.07) is 0. The number of aliphatic hydroxyl groups excluding tert-OH is 1. The van der Waals surface area contributed by atoms with Crippen molar-refractivity contribution in [3.05, 3.63) is 0 Å². The van der Waals surface area contributed by atoms with Crippen molar-refractivity contribution in [2.45, 2.75) is 239 Å². The summed E-state index contributed by atoms with van der Waals surface area (Å²) in [5.41, 5.74) is 0. The maximum absolute atomic E-state index is 13.0. The van der Waals surface area contributed by atoms with Crippen LogP contribution in [0.1, 0.15) is 233 Å². The smallest absolute Gasteiger partial charge is 0.308 e. The average Bonchev–Trinajstić information content (AvgIpc) is 3.12. The highest BCUT2D eigenvalue weighted by atomic mass is 16.5. The molecule has 0 aliphatic rings. The van der Waals surface area contributed by atoms with Gasteiger partial charge in [0.2, 0.25) is 0 Å². The Morgan fingerprint density at radius 3 is 1.41 bits per heavy atom. The van der Waals surface area contributed by atoms with Gasteiger partial charge in [0.15, 0.2) is 0 Å².